The first-order valence-electron chi connectivity index (χ1n) is 4.86. The van der Waals surface area contributed by atoms with Gasteiger partial charge >= 0.3 is 0 Å². The van der Waals surface area contributed by atoms with Crippen LogP contribution in [-0.2, 0) is 9.05 Å². The van der Waals surface area contributed by atoms with E-state index in [1.165, 1.54) is 6.08 Å². The molecule has 0 radical (unpaired) electrons. The van der Waals surface area contributed by atoms with Crippen LogP contribution >= 0.6 is 10.7 Å². The van der Waals surface area contributed by atoms with Crippen LogP contribution in [0.2, 0.25) is 0 Å². The predicted molar refractivity (Wildman–Crippen MR) is 65.2 cm³/mol. The molecule has 0 amide bonds. The summed E-state index contributed by atoms with van der Waals surface area (Å²) in [5.41, 5.74) is 0.951. The smallest absolute Gasteiger partial charge is 0.257 e. The average Bonchev–Trinajstić information content (AvgIpc) is 2.12. The summed E-state index contributed by atoms with van der Waals surface area (Å²) in [5, 5.41) is -0.864. The zero-order valence-electron chi connectivity index (χ0n) is 9.40. The van der Waals surface area contributed by atoms with Gasteiger partial charge < -0.3 is 4.90 Å². The van der Waals surface area contributed by atoms with Crippen molar-refractivity contribution in [1.29, 1.82) is 0 Å². The molecule has 0 heterocycles. The highest BCUT2D eigenvalue weighted by atomic mass is 35.7. The molecule has 1 unspecified atom stereocenters. The summed E-state index contributed by atoms with van der Waals surface area (Å²) in [6.07, 6.45) is 4.95. The molecular weight excluding hydrogens is 234 g/mol. The standard InChI is InChI=1S/C10H18ClNO2S/c1-5-8-9(6-2)12(4)10(7-3)15(11,13)14/h7-8,10H,3,5-6H2,1-2,4H3/b9-8-. The van der Waals surface area contributed by atoms with Gasteiger partial charge in [0.25, 0.3) is 9.05 Å². The number of allylic oxidation sites excluding steroid dienone is 2. The molecule has 88 valence electrons. The number of hydrogen-bond acceptors (Lipinski definition) is 3. The van der Waals surface area contributed by atoms with E-state index in [9.17, 15) is 8.42 Å². The Morgan fingerprint density at radius 3 is 2.33 bits per heavy atom. The largest absolute Gasteiger partial charge is 0.358 e. The summed E-state index contributed by atoms with van der Waals surface area (Å²) in [7, 11) is 3.38. The first kappa shape index (κ1) is 14.5. The first-order chi connectivity index (χ1) is 6.88. The van der Waals surface area contributed by atoms with E-state index in [0.29, 0.717) is 0 Å². The molecule has 0 fully saturated rings. The Labute approximate surface area is 96.8 Å². The molecule has 0 aliphatic carbocycles. The second kappa shape index (κ2) is 6.18. The van der Waals surface area contributed by atoms with Crippen LogP contribution in [0.25, 0.3) is 0 Å². The minimum atomic E-state index is -3.65. The van der Waals surface area contributed by atoms with Gasteiger partial charge in [-0.05, 0) is 12.8 Å². The van der Waals surface area contributed by atoms with E-state index < -0.39 is 14.4 Å². The van der Waals surface area contributed by atoms with Gasteiger partial charge in [-0.1, -0.05) is 32.6 Å². The Kier molecular flexibility index (Phi) is 5.98. The van der Waals surface area contributed by atoms with Gasteiger partial charge in [0.2, 0.25) is 0 Å². The molecule has 0 saturated heterocycles. The van der Waals surface area contributed by atoms with Crippen LogP contribution in [0.5, 0.6) is 0 Å². The Bertz CT molecular complexity index is 335. The number of likely N-dealkylation sites (N-methyl/N-ethyl adjacent to an activating group) is 1. The van der Waals surface area contributed by atoms with Crippen molar-refractivity contribution < 1.29 is 8.42 Å². The van der Waals surface area contributed by atoms with E-state index in [1.54, 1.807) is 11.9 Å². The molecule has 0 saturated carbocycles. The van der Waals surface area contributed by atoms with Crippen LogP contribution in [0.1, 0.15) is 26.7 Å². The molecule has 0 aromatic rings. The van der Waals surface area contributed by atoms with E-state index in [2.05, 4.69) is 6.58 Å². The van der Waals surface area contributed by atoms with Crippen molar-refractivity contribution in [1.82, 2.24) is 4.90 Å². The van der Waals surface area contributed by atoms with E-state index in [4.69, 9.17) is 10.7 Å². The maximum absolute atomic E-state index is 11.3. The number of nitrogens with zero attached hydrogens (tertiary/aromatic N) is 1. The summed E-state index contributed by atoms with van der Waals surface area (Å²) in [6, 6.07) is 0. The average molecular weight is 252 g/mol. The van der Waals surface area contributed by atoms with Gasteiger partial charge in [-0.25, -0.2) is 8.42 Å². The minimum absolute atomic E-state index is 0.765. The van der Waals surface area contributed by atoms with Crippen LogP contribution in [0.15, 0.2) is 24.4 Å². The molecule has 1 atom stereocenters. The molecule has 0 aromatic heterocycles. The van der Waals surface area contributed by atoms with Crippen LogP contribution in [0.3, 0.4) is 0 Å². The van der Waals surface area contributed by atoms with Crippen LogP contribution in [-0.4, -0.2) is 25.7 Å². The van der Waals surface area contributed by atoms with E-state index >= 15 is 0 Å². The summed E-state index contributed by atoms with van der Waals surface area (Å²) >= 11 is 0. The molecule has 15 heavy (non-hydrogen) atoms. The molecule has 0 spiro atoms. The minimum Gasteiger partial charge on any atom is -0.358 e. The van der Waals surface area contributed by atoms with Crippen LogP contribution < -0.4 is 0 Å². The van der Waals surface area contributed by atoms with Gasteiger partial charge in [-0.2, -0.15) is 0 Å². The third-order valence-corrected chi connectivity index (χ3v) is 3.76. The molecule has 0 rings (SSSR count). The lowest BCUT2D eigenvalue weighted by Gasteiger charge is -2.27. The highest BCUT2D eigenvalue weighted by Crippen LogP contribution is 2.19. The lowest BCUT2D eigenvalue weighted by atomic mass is 10.2. The second-order valence-corrected chi connectivity index (χ2v) is 5.89. The van der Waals surface area contributed by atoms with Crippen LogP contribution in [0, 0.1) is 0 Å². The van der Waals surface area contributed by atoms with Gasteiger partial charge in [-0.3, -0.25) is 0 Å². The number of halogens is 1. The zero-order chi connectivity index (χ0) is 12.1. The highest BCUT2D eigenvalue weighted by Gasteiger charge is 2.24. The molecule has 3 nitrogen and oxygen atoms in total. The van der Waals surface area contributed by atoms with Crippen molar-refractivity contribution in [2.24, 2.45) is 0 Å². The molecule has 0 aromatic carbocycles. The maximum atomic E-state index is 11.3. The first-order valence-corrected chi connectivity index (χ1v) is 7.23. The summed E-state index contributed by atoms with van der Waals surface area (Å²) in [5.74, 6) is 0. The molecule has 0 aliphatic rings. The Hall–Kier alpha value is -0.480. The maximum Gasteiger partial charge on any atom is 0.257 e. The Balaban J connectivity index is 5.03. The van der Waals surface area contributed by atoms with E-state index in [0.717, 1.165) is 18.5 Å². The van der Waals surface area contributed by atoms with Crippen molar-refractivity contribution in [3.05, 3.63) is 24.4 Å². The van der Waals surface area contributed by atoms with Gasteiger partial charge in [0.15, 0.2) is 5.37 Å². The van der Waals surface area contributed by atoms with Crippen molar-refractivity contribution in [3.8, 4) is 0 Å². The monoisotopic (exact) mass is 251 g/mol. The SMILES string of the molecule is C=CC(N(C)/C(=C\CC)CC)S(=O)(=O)Cl. The van der Waals surface area contributed by atoms with E-state index in [-0.39, 0.29) is 0 Å². The fraction of sp³-hybridized carbons (Fsp3) is 0.600. The van der Waals surface area contributed by atoms with Gasteiger partial charge in [0.05, 0.1) is 0 Å². The molecule has 0 N–H and O–H groups in total. The molecule has 0 aliphatic heterocycles. The summed E-state index contributed by atoms with van der Waals surface area (Å²) in [4.78, 5) is 1.64. The third-order valence-electron chi connectivity index (χ3n) is 2.13. The van der Waals surface area contributed by atoms with Gasteiger partial charge in [0.1, 0.15) is 0 Å². The van der Waals surface area contributed by atoms with Crippen LogP contribution in [0.4, 0.5) is 0 Å². The second-order valence-electron chi connectivity index (χ2n) is 3.17. The van der Waals surface area contributed by atoms with Crippen molar-refractivity contribution in [2.75, 3.05) is 7.05 Å². The zero-order valence-corrected chi connectivity index (χ0v) is 11.0. The summed E-state index contributed by atoms with van der Waals surface area (Å²) < 4.78 is 22.5. The lowest BCUT2D eigenvalue weighted by molar-refractivity contribution is 0.405. The fourth-order valence-electron chi connectivity index (χ4n) is 1.40. The lowest BCUT2D eigenvalue weighted by Crippen LogP contribution is -2.33. The predicted octanol–water partition coefficient (Wildman–Crippen LogP) is 2.70. The summed E-state index contributed by atoms with van der Waals surface area (Å²) in [6.45, 7) is 7.47. The highest BCUT2D eigenvalue weighted by molar-refractivity contribution is 8.14. The molecular formula is C10H18ClNO2S. The quantitative estimate of drug-likeness (QED) is 0.538. The van der Waals surface area contributed by atoms with Gasteiger partial charge in [-0.15, -0.1) is 0 Å². The Morgan fingerprint density at radius 1 is 1.53 bits per heavy atom. The number of rotatable bonds is 6. The Morgan fingerprint density at radius 2 is 2.07 bits per heavy atom. The van der Waals surface area contributed by atoms with Crippen molar-refractivity contribution in [3.63, 3.8) is 0 Å². The van der Waals surface area contributed by atoms with E-state index in [1.807, 2.05) is 19.9 Å². The molecule has 0 bridgehead atoms. The fourth-order valence-corrected chi connectivity index (χ4v) is 2.72. The molecule has 5 heteroatoms. The normalized spacial score (nSPS) is 14.8. The van der Waals surface area contributed by atoms with Crippen molar-refractivity contribution in [2.45, 2.75) is 32.1 Å². The topological polar surface area (TPSA) is 37.4 Å². The third kappa shape index (κ3) is 4.26. The number of hydrogen-bond donors (Lipinski definition) is 0. The van der Waals surface area contributed by atoms with Crippen molar-refractivity contribution >= 4 is 19.7 Å². The van der Waals surface area contributed by atoms with Gasteiger partial charge in [0, 0.05) is 23.4 Å².